The average Bonchev–Trinajstić information content (AvgIpc) is 3.22. The van der Waals surface area contributed by atoms with Crippen LogP contribution < -0.4 is 0 Å². The summed E-state index contributed by atoms with van der Waals surface area (Å²) in [7, 11) is 0. The van der Waals surface area contributed by atoms with Gasteiger partial charge in [-0.15, -0.1) is 11.3 Å². The molecule has 1 saturated heterocycles. The van der Waals surface area contributed by atoms with Gasteiger partial charge < -0.3 is 14.4 Å². The molecule has 0 saturated carbocycles. The number of thioether (sulfide) groups is 1. The highest BCUT2D eigenvalue weighted by molar-refractivity contribution is 8.13. The minimum absolute atomic E-state index is 0.0432. The van der Waals surface area contributed by atoms with E-state index in [9.17, 15) is 18.8 Å². The first-order chi connectivity index (χ1) is 13.0. The second kappa shape index (κ2) is 8.71. The number of halogens is 1. The Kier molecular flexibility index (Phi) is 6.33. The first-order valence-corrected chi connectivity index (χ1v) is 10.3. The number of carbonyl (C=O) groups excluding carboxylic acids is 3. The molecule has 1 aliphatic heterocycles. The fourth-order valence-corrected chi connectivity index (χ4v) is 4.71. The molecule has 2 heterocycles. The Morgan fingerprint density at radius 3 is 2.81 bits per heavy atom. The van der Waals surface area contributed by atoms with Gasteiger partial charge in [0.15, 0.2) is 0 Å². The van der Waals surface area contributed by atoms with Crippen molar-refractivity contribution in [3.8, 4) is 0 Å². The Balaban J connectivity index is 1.72. The van der Waals surface area contributed by atoms with Crippen LogP contribution >= 0.6 is 23.1 Å². The molecule has 27 heavy (non-hydrogen) atoms. The van der Waals surface area contributed by atoms with Gasteiger partial charge in [0.25, 0.3) is 5.24 Å². The molecule has 0 unspecified atom stereocenters. The molecule has 1 aromatic heterocycles. The molecule has 1 amide bonds. The first kappa shape index (κ1) is 19.6. The molecular formula is C18H18FNO5S2. The number of hydrogen-bond acceptors (Lipinski definition) is 7. The van der Waals surface area contributed by atoms with E-state index in [1.54, 1.807) is 24.0 Å². The molecule has 1 aliphatic rings. The molecule has 0 aliphatic carbocycles. The molecule has 0 spiro atoms. The van der Waals surface area contributed by atoms with Crippen LogP contribution in [0, 0.1) is 5.82 Å². The zero-order valence-electron chi connectivity index (χ0n) is 14.7. The van der Waals surface area contributed by atoms with Gasteiger partial charge in [0.2, 0.25) is 0 Å². The van der Waals surface area contributed by atoms with Gasteiger partial charge in [0.05, 0.1) is 13.0 Å². The van der Waals surface area contributed by atoms with Crippen LogP contribution in [0.25, 0.3) is 10.1 Å². The molecule has 9 heteroatoms. The van der Waals surface area contributed by atoms with Gasteiger partial charge >= 0.3 is 11.9 Å². The largest absolute Gasteiger partial charge is 0.462 e. The third-order valence-electron chi connectivity index (χ3n) is 4.03. The SMILES string of the molecule is CCOC(=O)c1sc2cccc(F)c2c1COC(=O)CCN1CCSC1=O. The lowest BCUT2D eigenvalue weighted by molar-refractivity contribution is -0.145. The van der Waals surface area contributed by atoms with E-state index in [1.807, 2.05) is 0 Å². The van der Waals surface area contributed by atoms with Crippen molar-refractivity contribution in [2.45, 2.75) is 20.0 Å². The maximum absolute atomic E-state index is 14.3. The zero-order valence-corrected chi connectivity index (χ0v) is 16.3. The smallest absolute Gasteiger partial charge is 0.348 e. The Labute approximate surface area is 163 Å². The second-order valence-electron chi connectivity index (χ2n) is 5.76. The minimum Gasteiger partial charge on any atom is -0.462 e. The molecular weight excluding hydrogens is 393 g/mol. The van der Waals surface area contributed by atoms with Crippen molar-refractivity contribution >= 4 is 50.4 Å². The van der Waals surface area contributed by atoms with E-state index in [0.29, 0.717) is 16.8 Å². The highest BCUT2D eigenvalue weighted by Gasteiger charge is 2.24. The molecule has 3 rings (SSSR count). The summed E-state index contributed by atoms with van der Waals surface area (Å²) in [6.07, 6.45) is 0.0472. The number of hydrogen-bond donors (Lipinski definition) is 0. The van der Waals surface area contributed by atoms with Crippen molar-refractivity contribution in [2.75, 3.05) is 25.4 Å². The normalized spacial score (nSPS) is 14.0. The van der Waals surface area contributed by atoms with Crippen LogP contribution in [-0.4, -0.2) is 47.5 Å². The lowest BCUT2D eigenvalue weighted by Crippen LogP contribution is -2.26. The van der Waals surface area contributed by atoms with Crippen molar-refractivity contribution in [1.82, 2.24) is 4.90 Å². The number of rotatable bonds is 7. The molecule has 6 nitrogen and oxygen atoms in total. The number of benzene rings is 1. The fourth-order valence-electron chi connectivity index (χ4n) is 2.75. The predicted molar refractivity (Wildman–Crippen MR) is 102 cm³/mol. The Morgan fingerprint density at radius 1 is 1.30 bits per heavy atom. The number of carbonyl (C=O) groups is 3. The minimum atomic E-state index is -0.566. The van der Waals surface area contributed by atoms with Gasteiger partial charge in [0, 0.05) is 34.5 Å². The van der Waals surface area contributed by atoms with Crippen LogP contribution in [-0.2, 0) is 20.9 Å². The van der Waals surface area contributed by atoms with E-state index >= 15 is 0 Å². The second-order valence-corrected chi connectivity index (χ2v) is 7.85. The van der Waals surface area contributed by atoms with E-state index in [-0.39, 0.29) is 41.7 Å². The van der Waals surface area contributed by atoms with Crippen LogP contribution in [0.5, 0.6) is 0 Å². The van der Waals surface area contributed by atoms with Crippen LogP contribution in [0.2, 0.25) is 0 Å². The van der Waals surface area contributed by atoms with Crippen molar-refractivity contribution in [1.29, 1.82) is 0 Å². The molecule has 0 N–H and O–H groups in total. The lowest BCUT2D eigenvalue weighted by atomic mass is 10.1. The number of nitrogens with zero attached hydrogens (tertiary/aromatic N) is 1. The van der Waals surface area contributed by atoms with Crippen molar-refractivity contribution in [2.24, 2.45) is 0 Å². The zero-order chi connectivity index (χ0) is 19.4. The summed E-state index contributed by atoms with van der Waals surface area (Å²) in [5.74, 6) is -0.837. The Bertz CT molecular complexity index is 882. The van der Waals surface area contributed by atoms with E-state index < -0.39 is 17.8 Å². The topological polar surface area (TPSA) is 72.9 Å². The number of esters is 2. The van der Waals surface area contributed by atoms with Crippen molar-refractivity contribution in [3.63, 3.8) is 0 Å². The molecule has 0 atom stereocenters. The maximum Gasteiger partial charge on any atom is 0.348 e. The Morgan fingerprint density at radius 2 is 2.11 bits per heavy atom. The van der Waals surface area contributed by atoms with Crippen molar-refractivity contribution < 1.29 is 28.2 Å². The third kappa shape index (κ3) is 4.41. The molecule has 1 aromatic carbocycles. The van der Waals surface area contributed by atoms with Gasteiger partial charge in [0.1, 0.15) is 17.3 Å². The summed E-state index contributed by atoms with van der Waals surface area (Å²) in [5.41, 5.74) is 0.313. The van der Waals surface area contributed by atoms with Crippen LogP contribution in [0.1, 0.15) is 28.6 Å². The Hall–Kier alpha value is -2.13. The van der Waals surface area contributed by atoms with Gasteiger partial charge in [-0.25, -0.2) is 9.18 Å². The average molecular weight is 411 g/mol. The monoisotopic (exact) mass is 411 g/mol. The van der Waals surface area contributed by atoms with E-state index in [4.69, 9.17) is 9.47 Å². The maximum atomic E-state index is 14.3. The van der Waals surface area contributed by atoms with Gasteiger partial charge in [-0.1, -0.05) is 17.8 Å². The lowest BCUT2D eigenvalue weighted by Gasteiger charge is -2.13. The van der Waals surface area contributed by atoms with Crippen LogP contribution in [0.15, 0.2) is 18.2 Å². The van der Waals surface area contributed by atoms with Gasteiger partial charge in [-0.2, -0.15) is 0 Å². The molecule has 0 radical (unpaired) electrons. The molecule has 2 aromatic rings. The highest BCUT2D eigenvalue weighted by atomic mass is 32.2. The van der Waals surface area contributed by atoms with Crippen LogP contribution in [0.4, 0.5) is 9.18 Å². The predicted octanol–water partition coefficient (Wildman–Crippen LogP) is 3.82. The van der Waals surface area contributed by atoms with E-state index in [1.165, 1.54) is 17.8 Å². The summed E-state index contributed by atoms with van der Waals surface area (Å²) >= 11 is 2.33. The summed E-state index contributed by atoms with van der Waals surface area (Å²) in [5, 5.41) is 0.225. The summed E-state index contributed by atoms with van der Waals surface area (Å²) in [4.78, 5) is 37.6. The van der Waals surface area contributed by atoms with Crippen LogP contribution in [0.3, 0.4) is 0 Å². The summed E-state index contributed by atoms with van der Waals surface area (Å²) < 4.78 is 25.2. The molecule has 144 valence electrons. The first-order valence-electron chi connectivity index (χ1n) is 8.45. The van der Waals surface area contributed by atoms with Gasteiger partial charge in [-0.05, 0) is 19.1 Å². The van der Waals surface area contributed by atoms with Crippen molar-refractivity contribution in [3.05, 3.63) is 34.5 Å². The summed E-state index contributed by atoms with van der Waals surface area (Å²) in [6.45, 7) is 2.55. The fraction of sp³-hybridized carbons (Fsp3) is 0.389. The number of thiophene rings is 1. The quantitative estimate of drug-likeness (QED) is 0.645. The third-order valence-corrected chi connectivity index (χ3v) is 6.10. The molecule has 0 bridgehead atoms. The number of fused-ring (bicyclic) bond motifs is 1. The van der Waals surface area contributed by atoms with Gasteiger partial charge in [-0.3, -0.25) is 9.59 Å². The molecule has 1 fully saturated rings. The number of ether oxygens (including phenoxy) is 2. The standard InChI is InChI=1S/C18H18FNO5S2/c1-2-24-17(22)16-11(15-12(19)4-3-5-13(15)27-16)10-25-14(21)6-7-20-8-9-26-18(20)23/h3-5H,2,6-10H2,1H3. The highest BCUT2D eigenvalue weighted by Crippen LogP contribution is 2.34. The van der Waals surface area contributed by atoms with E-state index in [2.05, 4.69) is 0 Å². The summed E-state index contributed by atoms with van der Waals surface area (Å²) in [6, 6.07) is 4.56. The number of amides is 1. The van der Waals surface area contributed by atoms with E-state index in [0.717, 1.165) is 17.1 Å².